The lowest BCUT2D eigenvalue weighted by Gasteiger charge is -2.53. The molecule has 2 aliphatic carbocycles. The van der Waals surface area contributed by atoms with E-state index >= 15 is 0 Å². The molecule has 0 aliphatic heterocycles. The molecule has 0 amide bonds. The van der Waals surface area contributed by atoms with Crippen LogP contribution in [0.4, 0.5) is 0 Å². The number of Topliss-reactive ketones (excluding diaryl/α,β-unsaturated/α-hetero) is 2. The van der Waals surface area contributed by atoms with Gasteiger partial charge in [0, 0.05) is 17.5 Å². The van der Waals surface area contributed by atoms with E-state index in [0.717, 1.165) is 24.8 Å². The summed E-state index contributed by atoms with van der Waals surface area (Å²) in [4.78, 5) is 36.9. The number of methoxy groups -OCH3 is 1. The first-order chi connectivity index (χ1) is 11.2. The number of rotatable bonds is 2. The fraction of sp³-hybridized carbons (Fsp3) is 0.550. The number of carbonyl (C=O) groups is 3. The summed E-state index contributed by atoms with van der Waals surface area (Å²) in [7, 11) is 1.41. The number of esters is 1. The van der Waals surface area contributed by atoms with E-state index in [9.17, 15) is 14.4 Å². The Morgan fingerprint density at radius 1 is 1.21 bits per heavy atom. The minimum atomic E-state index is -0.644. The molecule has 3 rings (SSSR count). The highest BCUT2D eigenvalue weighted by molar-refractivity contribution is 6.03. The molecule has 1 aromatic rings. The second-order valence-corrected chi connectivity index (χ2v) is 7.68. The lowest BCUT2D eigenvalue weighted by Crippen LogP contribution is -2.53. The second kappa shape index (κ2) is 5.54. The van der Waals surface area contributed by atoms with Crippen molar-refractivity contribution in [1.82, 2.24) is 0 Å². The number of fused-ring (bicyclic) bond motifs is 3. The second-order valence-electron chi connectivity index (χ2n) is 7.68. The van der Waals surface area contributed by atoms with Crippen molar-refractivity contribution >= 4 is 17.5 Å². The average molecular weight is 328 g/mol. The van der Waals surface area contributed by atoms with Crippen LogP contribution in [0.1, 0.15) is 72.7 Å². The highest BCUT2D eigenvalue weighted by Crippen LogP contribution is 2.57. The Morgan fingerprint density at radius 3 is 2.54 bits per heavy atom. The zero-order valence-electron chi connectivity index (χ0n) is 14.8. The van der Waals surface area contributed by atoms with Crippen LogP contribution in [0.3, 0.4) is 0 Å². The van der Waals surface area contributed by atoms with E-state index in [0.29, 0.717) is 17.5 Å². The van der Waals surface area contributed by atoms with Crippen LogP contribution in [0.5, 0.6) is 0 Å². The summed E-state index contributed by atoms with van der Waals surface area (Å²) in [5.41, 5.74) is 1.29. The molecule has 1 saturated carbocycles. The van der Waals surface area contributed by atoms with Crippen molar-refractivity contribution in [1.29, 1.82) is 0 Å². The molecule has 4 nitrogen and oxygen atoms in total. The maximum atomic E-state index is 12.8. The van der Waals surface area contributed by atoms with E-state index in [1.54, 1.807) is 12.1 Å². The molecule has 24 heavy (non-hydrogen) atoms. The SMILES string of the molecule is COC(=O)[C@]1(C)CCC[C@@]2(C)c3ccc(C(C)=O)cc3C(=O)C[C@@H]12. The van der Waals surface area contributed by atoms with Crippen LogP contribution < -0.4 is 0 Å². The van der Waals surface area contributed by atoms with Gasteiger partial charge in [-0.1, -0.05) is 25.5 Å². The van der Waals surface area contributed by atoms with Gasteiger partial charge in [-0.2, -0.15) is 0 Å². The molecular formula is C20H24O4. The van der Waals surface area contributed by atoms with Crippen molar-refractivity contribution in [3.63, 3.8) is 0 Å². The van der Waals surface area contributed by atoms with Crippen LogP contribution in [0.25, 0.3) is 0 Å². The third-order valence-electron chi connectivity index (χ3n) is 6.31. The molecule has 1 aromatic carbocycles. The Balaban J connectivity index is 2.15. The first-order valence-corrected chi connectivity index (χ1v) is 8.51. The summed E-state index contributed by atoms with van der Waals surface area (Å²) >= 11 is 0. The van der Waals surface area contributed by atoms with Gasteiger partial charge in [0.05, 0.1) is 12.5 Å². The topological polar surface area (TPSA) is 60.4 Å². The smallest absolute Gasteiger partial charge is 0.311 e. The number of benzene rings is 1. The van der Waals surface area contributed by atoms with Gasteiger partial charge in [-0.05, 0) is 49.7 Å². The zero-order chi connectivity index (χ0) is 17.7. The van der Waals surface area contributed by atoms with Crippen LogP contribution in [-0.2, 0) is 14.9 Å². The first-order valence-electron chi connectivity index (χ1n) is 8.51. The van der Waals surface area contributed by atoms with Gasteiger partial charge in [-0.15, -0.1) is 0 Å². The number of hydrogen-bond donors (Lipinski definition) is 0. The molecule has 0 bridgehead atoms. The molecule has 3 atom stereocenters. The van der Waals surface area contributed by atoms with Gasteiger partial charge < -0.3 is 4.74 Å². The van der Waals surface area contributed by atoms with Crippen LogP contribution in [0.2, 0.25) is 0 Å². The first kappa shape index (κ1) is 16.9. The fourth-order valence-electron chi connectivity index (χ4n) is 4.91. The Morgan fingerprint density at radius 2 is 1.92 bits per heavy atom. The van der Waals surface area contributed by atoms with Crippen molar-refractivity contribution in [2.24, 2.45) is 11.3 Å². The molecule has 2 aliphatic rings. The summed E-state index contributed by atoms with van der Waals surface area (Å²) in [6.07, 6.45) is 2.93. The lowest BCUT2D eigenvalue weighted by molar-refractivity contribution is -0.160. The van der Waals surface area contributed by atoms with E-state index in [1.165, 1.54) is 14.0 Å². The van der Waals surface area contributed by atoms with Crippen molar-refractivity contribution in [2.75, 3.05) is 7.11 Å². The summed E-state index contributed by atoms with van der Waals surface area (Å²) in [5, 5.41) is 0. The van der Waals surface area contributed by atoms with E-state index in [4.69, 9.17) is 4.74 Å². The molecule has 0 aromatic heterocycles. The molecule has 0 saturated heterocycles. The largest absolute Gasteiger partial charge is 0.469 e. The molecule has 0 radical (unpaired) electrons. The maximum absolute atomic E-state index is 12.8. The van der Waals surface area contributed by atoms with Crippen LogP contribution in [0.15, 0.2) is 18.2 Å². The van der Waals surface area contributed by atoms with Crippen molar-refractivity contribution < 1.29 is 19.1 Å². The summed E-state index contributed by atoms with van der Waals surface area (Å²) < 4.78 is 5.07. The van der Waals surface area contributed by atoms with Gasteiger partial charge in [0.15, 0.2) is 11.6 Å². The highest BCUT2D eigenvalue weighted by atomic mass is 16.5. The average Bonchev–Trinajstić information content (AvgIpc) is 2.56. The van der Waals surface area contributed by atoms with Gasteiger partial charge in [-0.25, -0.2) is 0 Å². The van der Waals surface area contributed by atoms with Crippen LogP contribution in [-0.4, -0.2) is 24.6 Å². The molecule has 4 heteroatoms. The van der Waals surface area contributed by atoms with Crippen LogP contribution in [0, 0.1) is 11.3 Å². The van der Waals surface area contributed by atoms with Gasteiger partial charge in [-0.3, -0.25) is 14.4 Å². The molecule has 0 spiro atoms. The monoisotopic (exact) mass is 328 g/mol. The zero-order valence-corrected chi connectivity index (χ0v) is 14.8. The number of ketones is 2. The minimum Gasteiger partial charge on any atom is -0.469 e. The Hall–Kier alpha value is -1.97. The minimum absolute atomic E-state index is 0.0209. The highest BCUT2D eigenvalue weighted by Gasteiger charge is 2.57. The lowest BCUT2D eigenvalue weighted by atomic mass is 9.49. The summed E-state index contributed by atoms with van der Waals surface area (Å²) in [6, 6.07) is 5.44. The standard InChI is InChI=1S/C20H24O4/c1-12(21)13-6-7-15-14(10-13)16(22)11-17-19(15,2)8-5-9-20(17,3)18(23)24-4/h6-7,10,17H,5,8-9,11H2,1-4H3/t17-,19+,20-/m1/s1. The number of hydrogen-bond acceptors (Lipinski definition) is 4. The number of carbonyl (C=O) groups excluding carboxylic acids is 3. The van der Waals surface area contributed by atoms with Gasteiger partial charge >= 0.3 is 5.97 Å². The molecule has 1 fully saturated rings. The normalized spacial score (nSPS) is 31.8. The van der Waals surface area contributed by atoms with Gasteiger partial charge in [0.1, 0.15) is 0 Å². The predicted molar refractivity (Wildman–Crippen MR) is 90.2 cm³/mol. The van der Waals surface area contributed by atoms with E-state index < -0.39 is 5.41 Å². The van der Waals surface area contributed by atoms with Crippen molar-refractivity contribution in [3.05, 3.63) is 34.9 Å². The van der Waals surface area contributed by atoms with E-state index in [2.05, 4.69) is 6.92 Å². The van der Waals surface area contributed by atoms with E-state index in [1.807, 2.05) is 13.0 Å². The molecule has 0 heterocycles. The van der Waals surface area contributed by atoms with E-state index in [-0.39, 0.29) is 28.9 Å². The quantitative estimate of drug-likeness (QED) is 0.613. The molecule has 0 N–H and O–H groups in total. The Bertz CT molecular complexity index is 735. The molecular weight excluding hydrogens is 304 g/mol. The summed E-state index contributed by atoms with van der Waals surface area (Å²) in [5.74, 6) is -0.321. The Labute approximate surface area is 142 Å². The third kappa shape index (κ3) is 2.23. The summed E-state index contributed by atoms with van der Waals surface area (Å²) in [6.45, 7) is 5.59. The predicted octanol–water partition coefficient (Wildman–Crippen LogP) is 3.71. The maximum Gasteiger partial charge on any atom is 0.311 e. The van der Waals surface area contributed by atoms with Gasteiger partial charge in [0.25, 0.3) is 0 Å². The van der Waals surface area contributed by atoms with Gasteiger partial charge in [0.2, 0.25) is 0 Å². The van der Waals surface area contributed by atoms with Crippen molar-refractivity contribution in [3.8, 4) is 0 Å². The number of ether oxygens (including phenoxy) is 1. The molecule has 128 valence electrons. The third-order valence-corrected chi connectivity index (χ3v) is 6.31. The fourth-order valence-corrected chi connectivity index (χ4v) is 4.91. The Kier molecular flexibility index (Phi) is 3.89. The molecule has 0 unspecified atom stereocenters. The van der Waals surface area contributed by atoms with Crippen molar-refractivity contribution in [2.45, 2.75) is 51.9 Å². The van der Waals surface area contributed by atoms with Crippen LogP contribution >= 0.6 is 0 Å².